The summed E-state index contributed by atoms with van der Waals surface area (Å²) in [7, 11) is 0. The van der Waals surface area contributed by atoms with Crippen LogP contribution < -0.4 is 5.32 Å². The third-order valence-corrected chi connectivity index (χ3v) is 3.83. The Balaban J connectivity index is 1.88. The Morgan fingerprint density at radius 3 is 2.46 bits per heavy atom. The SMILES string of the molecule is Cc1cccc(-c2cc3ccccc3c(Nc3ccncc3)n2)n1. The van der Waals surface area contributed by atoms with Crippen molar-refractivity contribution in [1.82, 2.24) is 15.0 Å². The molecular weight excluding hydrogens is 296 g/mol. The molecule has 4 nitrogen and oxygen atoms in total. The highest BCUT2D eigenvalue weighted by atomic mass is 15.0. The number of anilines is 2. The maximum absolute atomic E-state index is 4.81. The second kappa shape index (κ2) is 6.08. The largest absolute Gasteiger partial charge is 0.340 e. The lowest BCUT2D eigenvalue weighted by atomic mass is 10.1. The number of benzene rings is 1. The molecule has 4 rings (SSSR count). The predicted molar refractivity (Wildman–Crippen MR) is 97.2 cm³/mol. The maximum atomic E-state index is 4.81. The Morgan fingerprint density at radius 1 is 0.792 bits per heavy atom. The minimum absolute atomic E-state index is 0.817. The van der Waals surface area contributed by atoms with Crippen LogP contribution in [0.2, 0.25) is 0 Å². The quantitative estimate of drug-likeness (QED) is 0.593. The monoisotopic (exact) mass is 312 g/mol. The molecule has 0 aliphatic carbocycles. The fourth-order valence-electron chi connectivity index (χ4n) is 2.68. The molecule has 4 heteroatoms. The van der Waals surface area contributed by atoms with E-state index in [4.69, 9.17) is 4.98 Å². The van der Waals surface area contributed by atoms with Crippen LogP contribution >= 0.6 is 0 Å². The van der Waals surface area contributed by atoms with Crippen molar-refractivity contribution < 1.29 is 0 Å². The lowest BCUT2D eigenvalue weighted by molar-refractivity contribution is 1.18. The average molecular weight is 312 g/mol. The second-order valence-corrected chi connectivity index (χ2v) is 5.60. The molecular formula is C20H16N4. The summed E-state index contributed by atoms with van der Waals surface area (Å²) in [6.07, 6.45) is 3.52. The van der Waals surface area contributed by atoms with Gasteiger partial charge in [0.05, 0.1) is 11.4 Å². The summed E-state index contributed by atoms with van der Waals surface area (Å²) in [6.45, 7) is 1.99. The summed E-state index contributed by atoms with van der Waals surface area (Å²) in [6, 6.07) is 20.1. The first-order valence-electron chi connectivity index (χ1n) is 7.80. The number of nitrogens with zero attached hydrogens (tertiary/aromatic N) is 3. The zero-order valence-electron chi connectivity index (χ0n) is 13.3. The molecule has 0 atom stereocenters. The first-order chi connectivity index (χ1) is 11.8. The number of hydrogen-bond donors (Lipinski definition) is 1. The van der Waals surface area contributed by atoms with Gasteiger partial charge in [0.15, 0.2) is 0 Å². The van der Waals surface area contributed by atoms with Gasteiger partial charge < -0.3 is 5.32 Å². The van der Waals surface area contributed by atoms with Crippen LogP contribution in [0.15, 0.2) is 73.1 Å². The van der Waals surface area contributed by atoms with Crippen molar-refractivity contribution in [3.63, 3.8) is 0 Å². The standard InChI is InChI=1S/C20H16N4/c1-14-5-4-8-18(22-14)19-13-15-6-2-3-7-17(15)20(24-19)23-16-9-11-21-12-10-16/h2-13H,1H3,(H,21,23,24). The van der Waals surface area contributed by atoms with Crippen LogP contribution in [-0.2, 0) is 0 Å². The number of nitrogens with one attached hydrogen (secondary N) is 1. The second-order valence-electron chi connectivity index (χ2n) is 5.60. The minimum Gasteiger partial charge on any atom is -0.340 e. The Labute approximate surface area is 140 Å². The van der Waals surface area contributed by atoms with E-state index in [0.717, 1.165) is 39.4 Å². The Morgan fingerprint density at radius 2 is 1.62 bits per heavy atom. The van der Waals surface area contributed by atoms with Gasteiger partial charge >= 0.3 is 0 Å². The molecule has 0 saturated heterocycles. The normalized spacial score (nSPS) is 10.7. The summed E-state index contributed by atoms with van der Waals surface area (Å²) in [4.78, 5) is 13.5. The fraction of sp³-hybridized carbons (Fsp3) is 0.0500. The molecule has 4 aromatic rings. The molecule has 24 heavy (non-hydrogen) atoms. The van der Waals surface area contributed by atoms with Crippen molar-refractivity contribution in [2.75, 3.05) is 5.32 Å². The van der Waals surface area contributed by atoms with Crippen LogP contribution in [0.25, 0.3) is 22.2 Å². The Kier molecular flexibility index (Phi) is 3.63. The molecule has 0 bridgehead atoms. The Hall–Kier alpha value is -3.27. The average Bonchev–Trinajstić information content (AvgIpc) is 2.62. The molecule has 3 heterocycles. The summed E-state index contributed by atoms with van der Waals surface area (Å²) < 4.78 is 0. The van der Waals surface area contributed by atoms with Crippen LogP contribution in [0.3, 0.4) is 0 Å². The zero-order chi connectivity index (χ0) is 16.4. The minimum atomic E-state index is 0.817. The van der Waals surface area contributed by atoms with Crippen LogP contribution in [0.5, 0.6) is 0 Å². The number of pyridine rings is 3. The highest BCUT2D eigenvalue weighted by Gasteiger charge is 2.09. The van der Waals surface area contributed by atoms with Crippen molar-refractivity contribution in [2.45, 2.75) is 6.92 Å². The fourth-order valence-corrected chi connectivity index (χ4v) is 2.68. The molecule has 1 N–H and O–H groups in total. The molecule has 116 valence electrons. The van der Waals surface area contributed by atoms with E-state index in [1.807, 2.05) is 49.4 Å². The predicted octanol–water partition coefficient (Wildman–Crippen LogP) is 4.74. The molecule has 0 fully saturated rings. The maximum Gasteiger partial charge on any atom is 0.139 e. The lowest BCUT2D eigenvalue weighted by Crippen LogP contribution is -1.98. The third-order valence-electron chi connectivity index (χ3n) is 3.83. The first-order valence-corrected chi connectivity index (χ1v) is 7.80. The highest BCUT2D eigenvalue weighted by Crippen LogP contribution is 2.28. The summed E-state index contributed by atoms with van der Waals surface area (Å²) in [5, 5.41) is 5.59. The van der Waals surface area contributed by atoms with Crippen LogP contribution in [0, 0.1) is 6.92 Å². The van der Waals surface area contributed by atoms with Gasteiger partial charge in [0, 0.05) is 29.2 Å². The molecule has 0 aliphatic rings. The van der Waals surface area contributed by atoms with Crippen molar-refractivity contribution in [3.05, 3.63) is 78.8 Å². The van der Waals surface area contributed by atoms with E-state index in [1.54, 1.807) is 12.4 Å². The van der Waals surface area contributed by atoms with Crippen molar-refractivity contribution in [3.8, 4) is 11.4 Å². The van der Waals surface area contributed by atoms with E-state index >= 15 is 0 Å². The van der Waals surface area contributed by atoms with E-state index in [2.05, 4.69) is 33.5 Å². The summed E-state index contributed by atoms with van der Waals surface area (Å²) >= 11 is 0. The van der Waals surface area contributed by atoms with Gasteiger partial charge in [-0.3, -0.25) is 9.97 Å². The van der Waals surface area contributed by atoms with Gasteiger partial charge in [0.1, 0.15) is 5.82 Å². The van der Waals surface area contributed by atoms with E-state index in [-0.39, 0.29) is 0 Å². The van der Waals surface area contributed by atoms with Gasteiger partial charge in [0.25, 0.3) is 0 Å². The van der Waals surface area contributed by atoms with E-state index < -0.39 is 0 Å². The van der Waals surface area contributed by atoms with Crippen LogP contribution in [0.1, 0.15) is 5.69 Å². The first kappa shape index (κ1) is 14.3. The topological polar surface area (TPSA) is 50.7 Å². The molecule has 3 aromatic heterocycles. The Bertz CT molecular complexity index is 997. The van der Waals surface area contributed by atoms with Gasteiger partial charge in [-0.25, -0.2) is 4.98 Å². The zero-order valence-corrected chi connectivity index (χ0v) is 13.3. The number of rotatable bonds is 3. The van der Waals surface area contributed by atoms with E-state index in [9.17, 15) is 0 Å². The smallest absolute Gasteiger partial charge is 0.139 e. The molecule has 0 unspecified atom stereocenters. The molecule has 0 amide bonds. The highest BCUT2D eigenvalue weighted by molar-refractivity contribution is 5.95. The van der Waals surface area contributed by atoms with Crippen molar-refractivity contribution >= 4 is 22.3 Å². The van der Waals surface area contributed by atoms with Crippen LogP contribution in [0.4, 0.5) is 11.5 Å². The van der Waals surface area contributed by atoms with E-state index in [0.29, 0.717) is 0 Å². The van der Waals surface area contributed by atoms with Gasteiger partial charge in [-0.1, -0.05) is 30.3 Å². The summed E-state index contributed by atoms with van der Waals surface area (Å²) in [5.41, 5.74) is 3.66. The number of fused-ring (bicyclic) bond motifs is 1. The van der Waals surface area contributed by atoms with Crippen LogP contribution in [-0.4, -0.2) is 15.0 Å². The van der Waals surface area contributed by atoms with E-state index in [1.165, 1.54) is 0 Å². The van der Waals surface area contributed by atoms with Crippen molar-refractivity contribution in [2.24, 2.45) is 0 Å². The summed E-state index contributed by atoms with van der Waals surface area (Å²) in [5.74, 6) is 0.817. The lowest BCUT2D eigenvalue weighted by Gasteiger charge is -2.11. The number of aryl methyl sites for hydroxylation is 1. The third kappa shape index (κ3) is 2.82. The van der Waals surface area contributed by atoms with Crippen molar-refractivity contribution in [1.29, 1.82) is 0 Å². The van der Waals surface area contributed by atoms with Gasteiger partial charge in [-0.05, 0) is 42.6 Å². The molecule has 0 aliphatic heterocycles. The van der Waals surface area contributed by atoms with Gasteiger partial charge in [-0.15, -0.1) is 0 Å². The van der Waals surface area contributed by atoms with Gasteiger partial charge in [0.2, 0.25) is 0 Å². The molecule has 0 spiro atoms. The molecule has 1 aromatic carbocycles. The molecule has 0 radical (unpaired) electrons. The number of hydrogen-bond acceptors (Lipinski definition) is 4. The molecule has 0 saturated carbocycles. The van der Waals surface area contributed by atoms with Gasteiger partial charge in [-0.2, -0.15) is 0 Å². The number of aromatic nitrogens is 3.